The monoisotopic (exact) mass is 240 g/mol. The largest absolute Gasteiger partial charge is 0.396 e. The molecule has 0 radical (unpaired) electrons. The molecule has 1 N–H and O–H groups in total. The number of hydrogen-bond donors (Lipinski definition) is 1. The fraction of sp³-hybridized carbons (Fsp3) is 1.00. The van der Waals surface area contributed by atoms with Crippen molar-refractivity contribution < 1.29 is 5.11 Å². The van der Waals surface area contributed by atoms with Crippen LogP contribution in [0.3, 0.4) is 0 Å². The van der Waals surface area contributed by atoms with Crippen LogP contribution in [0, 0.1) is 29.1 Å². The van der Waals surface area contributed by atoms with E-state index in [0.29, 0.717) is 17.9 Å². The summed E-state index contributed by atoms with van der Waals surface area (Å²) in [7, 11) is 0. The van der Waals surface area contributed by atoms with Gasteiger partial charge in [-0.25, -0.2) is 0 Å². The highest BCUT2D eigenvalue weighted by atomic mass is 16.3. The average Bonchev–Trinajstić information content (AvgIpc) is 2.31. The van der Waals surface area contributed by atoms with Gasteiger partial charge in [0.2, 0.25) is 0 Å². The van der Waals surface area contributed by atoms with E-state index in [4.69, 9.17) is 0 Å². The third kappa shape index (κ3) is 2.70. The first-order valence-electron chi connectivity index (χ1n) is 7.70. The molecule has 1 nitrogen and oxygen atoms in total. The highest BCUT2D eigenvalue weighted by Gasteiger charge is 2.49. The Morgan fingerprint density at radius 2 is 1.71 bits per heavy atom. The van der Waals surface area contributed by atoms with Crippen molar-refractivity contribution in [1.29, 1.82) is 0 Å². The van der Waals surface area contributed by atoms with Crippen LogP contribution in [0.25, 0.3) is 0 Å². The van der Waals surface area contributed by atoms with Crippen LogP contribution >= 0.6 is 0 Å². The van der Waals surface area contributed by atoms with E-state index in [0.717, 1.165) is 17.8 Å². The van der Waals surface area contributed by atoms with E-state index in [1.807, 2.05) is 13.8 Å². The van der Waals surface area contributed by atoms with Gasteiger partial charge in [0.25, 0.3) is 0 Å². The second-order valence-corrected chi connectivity index (χ2v) is 6.33. The van der Waals surface area contributed by atoms with E-state index in [-0.39, 0.29) is 0 Å². The molecule has 0 aromatic heterocycles. The molecule has 0 bridgehead atoms. The molecule has 0 spiro atoms. The Morgan fingerprint density at radius 3 is 2.29 bits per heavy atom. The van der Waals surface area contributed by atoms with Gasteiger partial charge in [0.15, 0.2) is 0 Å². The Morgan fingerprint density at radius 1 is 1.06 bits per heavy atom. The highest BCUT2D eigenvalue weighted by Crippen LogP contribution is 2.56. The minimum atomic E-state index is 0.404. The Kier molecular flexibility index (Phi) is 5.50. The van der Waals surface area contributed by atoms with Crippen LogP contribution in [0.15, 0.2) is 0 Å². The number of aliphatic hydroxyl groups excluding tert-OH is 1. The topological polar surface area (TPSA) is 20.2 Å². The van der Waals surface area contributed by atoms with Crippen molar-refractivity contribution in [2.75, 3.05) is 6.61 Å². The maximum absolute atomic E-state index is 9.65. The van der Waals surface area contributed by atoms with Crippen molar-refractivity contribution in [3.05, 3.63) is 0 Å². The number of fused-ring (bicyclic) bond motifs is 1. The van der Waals surface area contributed by atoms with Gasteiger partial charge in [-0.05, 0) is 41.9 Å². The molecule has 2 saturated carbocycles. The molecule has 17 heavy (non-hydrogen) atoms. The fourth-order valence-electron chi connectivity index (χ4n) is 4.60. The second-order valence-electron chi connectivity index (χ2n) is 6.33. The molecule has 0 amide bonds. The number of aliphatic hydroxyl groups is 1. The standard InChI is InChI=1S/C14H26O.C2H6/c1-10-5-4-8-14(3)12(10)7-6-11(2)13(14)9-15;1-2/h10-13,15H,4-9H2,1-3H3;1-2H3/t10?,11-,12?,13?,14?;/m0./s1. The summed E-state index contributed by atoms with van der Waals surface area (Å²) in [6.07, 6.45) is 6.85. The van der Waals surface area contributed by atoms with Crippen LogP contribution in [0.5, 0.6) is 0 Å². The zero-order valence-electron chi connectivity index (χ0n) is 12.5. The summed E-state index contributed by atoms with van der Waals surface area (Å²) in [5, 5.41) is 9.65. The predicted octanol–water partition coefficient (Wildman–Crippen LogP) is 4.49. The molecule has 0 heterocycles. The molecule has 0 aromatic carbocycles. The van der Waals surface area contributed by atoms with Crippen molar-refractivity contribution >= 4 is 0 Å². The van der Waals surface area contributed by atoms with E-state index in [1.54, 1.807) is 0 Å². The van der Waals surface area contributed by atoms with Gasteiger partial charge in [0.1, 0.15) is 0 Å². The van der Waals surface area contributed by atoms with Gasteiger partial charge in [0.05, 0.1) is 0 Å². The Bertz CT molecular complexity index is 218. The minimum Gasteiger partial charge on any atom is -0.396 e. The minimum absolute atomic E-state index is 0.404. The highest BCUT2D eigenvalue weighted by molar-refractivity contribution is 4.98. The van der Waals surface area contributed by atoms with Crippen LogP contribution in [0.4, 0.5) is 0 Å². The lowest BCUT2D eigenvalue weighted by atomic mass is 9.50. The van der Waals surface area contributed by atoms with Gasteiger partial charge >= 0.3 is 0 Å². The molecule has 2 aliphatic carbocycles. The lowest BCUT2D eigenvalue weighted by molar-refractivity contribution is -0.0764. The van der Waals surface area contributed by atoms with Crippen molar-refractivity contribution in [1.82, 2.24) is 0 Å². The quantitative estimate of drug-likeness (QED) is 0.716. The first kappa shape index (κ1) is 15.0. The fourth-order valence-corrected chi connectivity index (χ4v) is 4.60. The molecule has 4 unspecified atom stereocenters. The molecule has 1 heteroatoms. The summed E-state index contributed by atoms with van der Waals surface area (Å²) in [6, 6.07) is 0. The van der Waals surface area contributed by atoms with Crippen LogP contribution < -0.4 is 0 Å². The summed E-state index contributed by atoms with van der Waals surface area (Å²) < 4.78 is 0. The molecule has 0 saturated heterocycles. The molecule has 0 aromatic rings. The molecule has 2 aliphatic rings. The van der Waals surface area contributed by atoms with Crippen LogP contribution in [0.2, 0.25) is 0 Å². The van der Waals surface area contributed by atoms with Crippen molar-refractivity contribution in [2.24, 2.45) is 29.1 Å². The zero-order valence-corrected chi connectivity index (χ0v) is 12.5. The van der Waals surface area contributed by atoms with Gasteiger partial charge in [-0.15, -0.1) is 0 Å². The average molecular weight is 240 g/mol. The van der Waals surface area contributed by atoms with E-state index in [1.165, 1.54) is 32.1 Å². The zero-order chi connectivity index (χ0) is 13.1. The first-order valence-corrected chi connectivity index (χ1v) is 7.70. The second kappa shape index (κ2) is 6.22. The molecule has 0 aliphatic heterocycles. The van der Waals surface area contributed by atoms with Gasteiger partial charge < -0.3 is 5.11 Å². The van der Waals surface area contributed by atoms with Crippen LogP contribution in [0.1, 0.15) is 66.7 Å². The maximum atomic E-state index is 9.65. The molecule has 5 atom stereocenters. The Hall–Kier alpha value is -0.0400. The van der Waals surface area contributed by atoms with E-state index >= 15 is 0 Å². The van der Waals surface area contributed by atoms with Crippen LogP contribution in [-0.2, 0) is 0 Å². The lowest BCUT2D eigenvalue weighted by Crippen LogP contribution is -2.48. The Balaban J connectivity index is 0.000000686. The lowest BCUT2D eigenvalue weighted by Gasteiger charge is -2.55. The molecule has 2 fully saturated rings. The van der Waals surface area contributed by atoms with E-state index in [2.05, 4.69) is 20.8 Å². The third-order valence-corrected chi connectivity index (χ3v) is 5.57. The summed E-state index contributed by atoms with van der Waals surface area (Å²) in [6.45, 7) is 11.6. The predicted molar refractivity (Wildman–Crippen MR) is 74.9 cm³/mol. The Labute approximate surface area is 108 Å². The summed E-state index contributed by atoms with van der Waals surface area (Å²) >= 11 is 0. The molecular formula is C16H32O. The summed E-state index contributed by atoms with van der Waals surface area (Å²) in [5.74, 6) is 3.03. The van der Waals surface area contributed by atoms with Gasteiger partial charge in [-0.1, -0.05) is 53.9 Å². The third-order valence-electron chi connectivity index (χ3n) is 5.57. The molecular weight excluding hydrogens is 208 g/mol. The smallest absolute Gasteiger partial charge is 0.0467 e. The maximum Gasteiger partial charge on any atom is 0.0467 e. The molecule has 2 rings (SSSR count). The van der Waals surface area contributed by atoms with Crippen LogP contribution in [-0.4, -0.2) is 11.7 Å². The van der Waals surface area contributed by atoms with Gasteiger partial charge in [0, 0.05) is 6.61 Å². The normalized spacial score (nSPS) is 45.5. The van der Waals surface area contributed by atoms with Gasteiger partial charge in [-0.2, -0.15) is 0 Å². The van der Waals surface area contributed by atoms with Crippen molar-refractivity contribution in [2.45, 2.75) is 66.7 Å². The van der Waals surface area contributed by atoms with Crippen molar-refractivity contribution in [3.63, 3.8) is 0 Å². The summed E-state index contributed by atoms with van der Waals surface area (Å²) in [5.41, 5.74) is 0.435. The number of hydrogen-bond acceptors (Lipinski definition) is 1. The van der Waals surface area contributed by atoms with E-state index < -0.39 is 0 Å². The SMILES string of the molecule is CC.CC1CCCC2(C)C1CC[C@H](C)C2CO. The summed E-state index contributed by atoms with van der Waals surface area (Å²) in [4.78, 5) is 0. The number of rotatable bonds is 1. The van der Waals surface area contributed by atoms with E-state index in [9.17, 15) is 5.11 Å². The van der Waals surface area contributed by atoms with Crippen molar-refractivity contribution in [3.8, 4) is 0 Å². The molecule has 102 valence electrons. The first-order chi connectivity index (χ1) is 8.09. The van der Waals surface area contributed by atoms with Gasteiger partial charge in [-0.3, -0.25) is 0 Å².